The van der Waals surface area contributed by atoms with Gasteiger partial charge >= 0.3 is 17.1 Å². The lowest BCUT2D eigenvalue weighted by atomic mass is 10.2. The van der Waals surface area contributed by atoms with Crippen molar-refractivity contribution in [3.63, 3.8) is 0 Å². The van der Waals surface area contributed by atoms with E-state index >= 15 is 0 Å². The van der Waals surface area contributed by atoms with Gasteiger partial charge in [-0.05, 0) is 6.07 Å². The minimum absolute atomic E-state index is 0.641. The third-order valence-corrected chi connectivity index (χ3v) is 2.28. The van der Waals surface area contributed by atoms with Gasteiger partial charge in [0.25, 0.3) is 0 Å². The lowest BCUT2D eigenvalue weighted by Crippen LogP contribution is -2.02. The maximum Gasteiger partial charge on any atom is 0.425 e. The Morgan fingerprint density at radius 1 is 0.765 bits per heavy atom. The molecule has 1 aromatic carbocycles. The topological polar surface area (TPSA) is 129 Å². The summed E-state index contributed by atoms with van der Waals surface area (Å²) >= 11 is 10.8. The van der Waals surface area contributed by atoms with Crippen LogP contribution in [-0.2, 0) is 0 Å². The van der Waals surface area contributed by atoms with E-state index in [9.17, 15) is 30.3 Å². The Hall–Kier alpha value is -2.00. The Balaban J connectivity index is 3.85. The molecule has 90 valence electrons. The van der Waals surface area contributed by atoms with Gasteiger partial charge in [0.15, 0.2) is 0 Å². The van der Waals surface area contributed by atoms with Crippen molar-refractivity contribution in [1.82, 2.24) is 0 Å². The zero-order chi connectivity index (χ0) is 13.3. The predicted molar refractivity (Wildman–Crippen MR) is 56.4 cm³/mol. The second-order valence-electron chi connectivity index (χ2n) is 2.66. The van der Waals surface area contributed by atoms with Crippen LogP contribution in [0.15, 0.2) is 6.07 Å². The first kappa shape index (κ1) is 13.1. The number of halogens is 2. The molecule has 0 aromatic heterocycles. The number of nitro benzene ring substituents is 3. The largest absolute Gasteiger partial charge is 0.425 e. The fourth-order valence-corrected chi connectivity index (χ4v) is 1.70. The SMILES string of the molecule is O=[N+]([O-])c1c(Cl)cc(Cl)c([N+](=O)[O-])c1[N+](=O)[O-]. The van der Waals surface area contributed by atoms with Crippen LogP contribution in [-0.4, -0.2) is 14.8 Å². The Bertz CT molecular complexity index is 507. The molecule has 0 heterocycles. The molecule has 0 aliphatic carbocycles. The molecule has 11 heteroatoms. The van der Waals surface area contributed by atoms with Gasteiger partial charge in [-0.3, -0.25) is 30.3 Å². The van der Waals surface area contributed by atoms with E-state index in [4.69, 9.17) is 23.2 Å². The second kappa shape index (κ2) is 4.47. The normalized spacial score (nSPS) is 10.0. The quantitative estimate of drug-likeness (QED) is 0.618. The molecule has 0 fully saturated rings. The van der Waals surface area contributed by atoms with Crippen LogP contribution in [0.4, 0.5) is 17.1 Å². The van der Waals surface area contributed by atoms with E-state index < -0.39 is 41.9 Å². The van der Waals surface area contributed by atoms with Crippen molar-refractivity contribution in [2.75, 3.05) is 0 Å². The van der Waals surface area contributed by atoms with Gasteiger partial charge < -0.3 is 0 Å². The molecule has 0 saturated heterocycles. The molecule has 17 heavy (non-hydrogen) atoms. The van der Waals surface area contributed by atoms with Crippen LogP contribution in [0.5, 0.6) is 0 Å². The van der Waals surface area contributed by atoms with E-state index in [2.05, 4.69) is 0 Å². The monoisotopic (exact) mass is 281 g/mol. The van der Waals surface area contributed by atoms with Crippen molar-refractivity contribution in [2.24, 2.45) is 0 Å². The van der Waals surface area contributed by atoms with E-state index in [0.717, 1.165) is 0 Å². The molecular formula is C6HCl2N3O6. The molecule has 1 aromatic rings. The summed E-state index contributed by atoms with van der Waals surface area (Å²) in [6, 6.07) is 0.715. The van der Waals surface area contributed by atoms with E-state index in [1.807, 2.05) is 0 Å². The molecular weight excluding hydrogens is 281 g/mol. The fourth-order valence-electron chi connectivity index (χ4n) is 1.11. The van der Waals surface area contributed by atoms with Crippen LogP contribution in [0, 0.1) is 30.3 Å². The molecule has 0 aliphatic rings. The highest BCUT2D eigenvalue weighted by Gasteiger charge is 2.41. The number of benzene rings is 1. The molecule has 0 bridgehead atoms. The minimum atomic E-state index is -1.34. The molecule has 9 nitrogen and oxygen atoms in total. The first-order valence-corrected chi connectivity index (χ1v) is 4.48. The van der Waals surface area contributed by atoms with Crippen molar-refractivity contribution in [3.05, 3.63) is 46.5 Å². The van der Waals surface area contributed by atoms with Gasteiger partial charge in [0.05, 0.1) is 14.8 Å². The highest BCUT2D eigenvalue weighted by atomic mass is 35.5. The molecule has 0 spiro atoms. The van der Waals surface area contributed by atoms with Crippen molar-refractivity contribution in [2.45, 2.75) is 0 Å². The number of hydrogen-bond donors (Lipinski definition) is 0. The second-order valence-corrected chi connectivity index (χ2v) is 3.47. The third-order valence-electron chi connectivity index (χ3n) is 1.70. The van der Waals surface area contributed by atoms with Crippen LogP contribution in [0.25, 0.3) is 0 Å². The van der Waals surface area contributed by atoms with E-state index in [1.165, 1.54) is 0 Å². The minimum Gasteiger partial charge on any atom is -0.258 e. The molecule has 0 saturated carbocycles. The molecule has 0 aliphatic heterocycles. The Morgan fingerprint density at radius 2 is 1.06 bits per heavy atom. The summed E-state index contributed by atoms with van der Waals surface area (Å²) in [5.74, 6) is 0. The van der Waals surface area contributed by atoms with Gasteiger partial charge in [0, 0.05) is 0 Å². The summed E-state index contributed by atoms with van der Waals surface area (Å²) in [4.78, 5) is 28.2. The third kappa shape index (κ3) is 2.24. The fraction of sp³-hybridized carbons (Fsp3) is 0. The van der Waals surface area contributed by atoms with Gasteiger partial charge in [-0.25, -0.2) is 0 Å². The summed E-state index contributed by atoms with van der Waals surface area (Å²) in [5.41, 5.74) is -3.65. The van der Waals surface area contributed by atoms with Crippen molar-refractivity contribution < 1.29 is 14.8 Å². The van der Waals surface area contributed by atoms with Crippen LogP contribution >= 0.6 is 23.2 Å². The van der Waals surface area contributed by atoms with E-state index in [0.29, 0.717) is 6.07 Å². The number of rotatable bonds is 3. The molecule has 0 radical (unpaired) electrons. The van der Waals surface area contributed by atoms with Gasteiger partial charge in [-0.2, -0.15) is 0 Å². The number of nitro groups is 3. The smallest absolute Gasteiger partial charge is 0.258 e. The van der Waals surface area contributed by atoms with Crippen LogP contribution in [0.1, 0.15) is 0 Å². The van der Waals surface area contributed by atoms with Crippen molar-refractivity contribution >= 4 is 40.3 Å². The summed E-state index contributed by atoms with van der Waals surface area (Å²) in [6.07, 6.45) is 0. The lowest BCUT2D eigenvalue weighted by Gasteiger charge is -2.00. The Labute approximate surface area is 102 Å². The average Bonchev–Trinajstić information content (AvgIpc) is 2.14. The van der Waals surface area contributed by atoms with Crippen LogP contribution < -0.4 is 0 Å². The Morgan fingerprint density at radius 3 is 1.29 bits per heavy atom. The summed E-state index contributed by atoms with van der Waals surface area (Å²) in [5, 5.41) is 30.5. The first-order chi connectivity index (χ1) is 7.77. The molecule has 0 atom stereocenters. The molecule has 1 rings (SSSR count). The predicted octanol–water partition coefficient (Wildman–Crippen LogP) is 2.72. The highest BCUT2D eigenvalue weighted by Crippen LogP contribution is 2.45. The Kier molecular flexibility index (Phi) is 3.44. The molecule has 0 amide bonds. The maximum absolute atomic E-state index is 10.6. The zero-order valence-electron chi connectivity index (χ0n) is 7.62. The van der Waals surface area contributed by atoms with Crippen LogP contribution in [0.3, 0.4) is 0 Å². The zero-order valence-corrected chi connectivity index (χ0v) is 9.14. The standard InChI is InChI=1S/C6HCl2N3O6/c7-2-1-3(8)5(10(14)15)6(11(16)17)4(2)9(12)13/h1H. The average molecular weight is 282 g/mol. The van der Waals surface area contributed by atoms with Crippen molar-refractivity contribution in [3.8, 4) is 0 Å². The van der Waals surface area contributed by atoms with Gasteiger partial charge in [0.2, 0.25) is 0 Å². The number of hydrogen-bond acceptors (Lipinski definition) is 6. The van der Waals surface area contributed by atoms with Crippen LogP contribution in [0.2, 0.25) is 10.0 Å². The lowest BCUT2D eigenvalue weighted by molar-refractivity contribution is -0.440. The highest BCUT2D eigenvalue weighted by molar-refractivity contribution is 6.38. The maximum atomic E-state index is 10.6. The van der Waals surface area contributed by atoms with Crippen molar-refractivity contribution in [1.29, 1.82) is 0 Å². The first-order valence-electron chi connectivity index (χ1n) is 3.72. The number of nitrogens with zero attached hydrogens (tertiary/aromatic N) is 3. The van der Waals surface area contributed by atoms with Gasteiger partial charge in [-0.15, -0.1) is 0 Å². The molecule has 0 unspecified atom stereocenters. The molecule has 0 N–H and O–H groups in total. The van der Waals surface area contributed by atoms with E-state index in [-0.39, 0.29) is 0 Å². The summed E-state index contributed by atoms with van der Waals surface area (Å²) in [6.45, 7) is 0. The van der Waals surface area contributed by atoms with Gasteiger partial charge in [-0.1, -0.05) is 23.2 Å². The van der Waals surface area contributed by atoms with Gasteiger partial charge in [0.1, 0.15) is 10.0 Å². The van der Waals surface area contributed by atoms with E-state index in [1.54, 1.807) is 0 Å². The summed E-state index contributed by atoms with van der Waals surface area (Å²) < 4.78 is 0. The summed E-state index contributed by atoms with van der Waals surface area (Å²) in [7, 11) is 0.